The van der Waals surface area contributed by atoms with Crippen molar-refractivity contribution >= 4 is 34.0 Å². The molecule has 2 aromatic rings. The molecule has 5 nitrogen and oxygen atoms in total. The molecule has 0 spiro atoms. The predicted molar refractivity (Wildman–Crippen MR) is 86.0 cm³/mol. The maximum Gasteiger partial charge on any atom is 0.226 e. The van der Waals surface area contributed by atoms with Crippen LogP contribution in [-0.2, 0) is 4.79 Å². The van der Waals surface area contributed by atoms with E-state index in [1.54, 1.807) is 19.2 Å². The monoisotopic (exact) mass is 325 g/mol. The first-order valence-corrected chi connectivity index (χ1v) is 7.69. The second kappa shape index (κ2) is 7.40. The number of hydrogen-bond donors (Lipinski definition) is 2. The van der Waals surface area contributed by atoms with Crippen LogP contribution in [0.2, 0.25) is 5.02 Å². The summed E-state index contributed by atoms with van der Waals surface area (Å²) < 4.78 is 5.11. The molecule has 2 rings (SSSR count). The van der Waals surface area contributed by atoms with E-state index in [2.05, 4.69) is 10.3 Å². The lowest BCUT2D eigenvalue weighted by Crippen LogP contribution is -2.13. The topological polar surface area (TPSA) is 77.2 Å². The normalized spacial score (nSPS) is 10.4. The van der Waals surface area contributed by atoms with Crippen molar-refractivity contribution in [2.45, 2.75) is 12.8 Å². The van der Waals surface area contributed by atoms with E-state index in [4.69, 9.17) is 22.1 Å². The molecule has 112 valence electrons. The standard InChI is InChI=1S/C14H16ClN3O2S/c1-20-12-5-4-9(7-10(12)15)11-8-21-14(17-11)18-13(19)3-2-6-16/h4-5,7-8H,2-3,6,16H2,1H3,(H,17,18,19). The van der Waals surface area contributed by atoms with Gasteiger partial charge in [0.25, 0.3) is 0 Å². The molecule has 0 saturated heterocycles. The lowest BCUT2D eigenvalue weighted by molar-refractivity contribution is -0.116. The number of thiazole rings is 1. The molecular weight excluding hydrogens is 310 g/mol. The molecule has 0 atom stereocenters. The van der Waals surface area contributed by atoms with Crippen molar-refractivity contribution in [3.8, 4) is 17.0 Å². The van der Waals surface area contributed by atoms with Gasteiger partial charge >= 0.3 is 0 Å². The Kier molecular flexibility index (Phi) is 5.55. The largest absolute Gasteiger partial charge is 0.495 e. The number of rotatable bonds is 6. The van der Waals surface area contributed by atoms with E-state index >= 15 is 0 Å². The Morgan fingerprint density at radius 1 is 1.52 bits per heavy atom. The van der Waals surface area contributed by atoms with Crippen LogP contribution in [0.5, 0.6) is 5.75 Å². The molecule has 0 unspecified atom stereocenters. The third-order valence-electron chi connectivity index (χ3n) is 2.81. The smallest absolute Gasteiger partial charge is 0.226 e. The maximum absolute atomic E-state index is 11.6. The quantitative estimate of drug-likeness (QED) is 0.855. The van der Waals surface area contributed by atoms with Crippen LogP contribution in [0.25, 0.3) is 11.3 Å². The molecule has 0 bridgehead atoms. The third kappa shape index (κ3) is 4.17. The first-order valence-electron chi connectivity index (χ1n) is 6.43. The van der Waals surface area contributed by atoms with Gasteiger partial charge < -0.3 is 15.8 Å². The Labute approximate surface area is 132 Å². The van der Waals surface area contributed by atoms with Crippen molar-refractivity contribution in [2.75, 3.05) is 19.0 Å². The number of nitrogens with zero attached hydrogens (tertiary/aromatic N) is 1. The fraction of sp³-hybridized carbons (Fsp3) is 0.286. The molecule has 0 aliphatic heterocycles. The fourth-order valence-electron chi connectivity index (χ4n) is 1.73. The summed E-state index contributed by atoms with van der Waals surface area (Å²) in [6, 6.07) is 5.45. The lowest BCUT2D eigenvalue weighted by atomic mass is 10.2. The van der Waals surface area contributed by atoms with E-state index in [0.29, 0.717) is 35.3 Å². The van der Waals surface area contributed by atoms with Gasteiger partial charge in [-0.3, -0.25) is 4.79 Å². The second-order valence-corrected chi connectivity index (χ2v) is 5.59. The van der Waals surface area contributed by atoms with Crippen LogP contribution in [0.15, 0.2) is 23.6 Å². The molecule has 0 aliphatic rings. The van der Waals surface area contributed by atoms with Crippen LogP contribution < -0.4 is 15.8 Å². The summed E-state index contributed by atoms with van der Waals surface area (Å²) in [5.74, 6) is 0.542. The lowest BCUT2D eigenvalue weighted by Gasteiger charge is -2.04. The molecular formula is C14H16ClN3O2S. The Balaban J connectivity index is 2.09. The number of nitrogens with two attached hydrogens (primary N) is 1. The number of benzene rings is 1. The molecule has 1 aromatic heterocycles. The molecule has 3 N–H and O–H groups in total. The molecule has 1 heterocycles. The number of ether oxygens (including phenoxy) is 1. The summed E-state index contributed by atoms with van der Waals surface area (Å²) in [6.07, 6.45) is 1.07. The zero-order chi connectivity index (χ0) is 15.2. The first-order chi connectivity index (χ1) is 10.1. The SMILES string of the molecule is COc1ccc(-c2csc(NC(=O)CCCN)n2)cc1Cl. The number of anilines is 1. The molecule has 0 radical (unpaired) electrons. The number of hydrogen-bond acceptors (Lipinski definition) is 5. The number of aromatic nitrogens is 1. The number of amides is 1. The van der Waals surface area contributed by atoms with Crippen molar-refractivity contribution < 1.29 is 9.53 Å². The number of carbonyl (C=O) groups excluding carboxylic acids is 1. The van der Waals surface area contributed by atoms with Gasteiger partial charge in [-0.1, -0.05) is 11.6 Å². The second-order valence-electron chi connectivity index (χ2n) is 4.33. The summed E-state index contributed by atoms with van der Waals surface area (Å²) in [5.41, 5.74) is 7.01. The molecule has 0 saturated carbocycles. The van der Waals surface area contributed by atoms with Crippen LogP contribution >= 0.6 is 22.9 Å². The van der Waals surface area contributed by atoms with Crippen molar-refractivity contribution in [1.82, 2.24) is 4.98 Å². The molecule has 1 amide bonds. The van der Waals surface area contributed by atoms with E-state index < -0.39 is 0 Å². The van der Waals surface area contributed by atoms with Crippen LogP contribution in [0.3, 0.4) is 0 Å². The highest BCUT2D eigenvalue weighted by molar-refractivity contribution is 7.14. The highest BCUT2D eigenvalue weighted by Crippen LogP contribution is 2.31. The van der Waals surface area contributed by atoms with Crippen LogP contribution in [0, 0.1) is 0 Å². The van der Waals surface area contributed by atoms with Gasteiger partial charge in [-0.25, -0.2) is 4.98 Å². The van der Waals surface area contributed by atoms with Gasteiger partial charge in [-0.15, -0.1) is 11.3 Å². The zero-order valence-electron chi connectivity index (χ0n) is 11.6. The average molecular weight is 326 g/mol. The third-order valence-corrected chi connectivity index (χ3v) is 3.86. The van der Waals surface area contributed by atoms with Gasteiger partial charge in [0, 0.05) is 17.4 Å². The molecule has 21 heavy (non-hydrogen) atoms. The van der Waals surface area contributed by atoms with Crippen molar-refractivity contribution in [3.63, 3.8) is 0 Å². The van der Waals surface area contributed by atoms with Gasteiger partial charge in [0.1, 0.15) is 5.75 Å². The number of methoxy groups -OCH3 is 1. The number of nitrogens with one attached hydrogen (secondary N) is 1. The van der Waals surface area contributed by atoms with Gasteiger partial charge in [0.2, 0.25) is 5.91 Å². The van der Waals surface area contributed by atoms with E-state index in [9.17, 15) is 4.79 Å². The Hall–Kier alpha value is -1.63. The van der Waals surface area contributed by atoms with E-state index in [1.807, 2.05) is 11.4 Å². The minimum atomic E-state index is -0.0749. The summed E-state index contributed by atoms with van der Waals surface area (Å²) in [5, 5.41) is 5.72. The van der Waals surface area contributed by atoms with E-state index in [0.717, 1.165) is 11.3 Å². The van der Waals surface area contributed by atoms with Crippen LogP contribution in [0.1, 0.15) is 12.8 Å². The summed E-state index contributed by atoms with van der Waals surface area (Å²) in [4.78, 5) is 16.0. The van der Waals surface area contributed by atoms with Gasteiger partial charge in [0.15, 0.2) is 5.13 Å². The molecule has 1 aromatic carbocycles. The molecule has 7 heteroatoms. The van der Waals surface area contributed by atoms with Gasteiger partial charge in [-0.2, -0.15) is 0 Å². The van der Waals surface area contributed by atoms with E-state index in [1.165, 1.54) is 11.3 Å². The Morgan fingerprint density at radius 2 is 2.33 bits per heavy atom. The fourth-order valence-corrected chi connectivity index (χ4v) is 2.73. The number of halogens is 1. The van der Waals surface area contributed by atoms with E-state index in [-0.39, 0.29) is 5.91 Å². The minimum Gasteiger partial charge on any atom is -0.495 e. The van der Waals surface area contributed by atoms with Crippen molar-refractivity contribution in [1.29, 1.82) is 0 Å². The number of carbonyl (C=O) groups is 1. The highest BCUT2D eigenvalue weighted by atomic mass is 35.5. The van der Waals surface area contributed by atoms with Gasteiger partial charge in [-0.05, 0) is 31.2 Å². The Morgan fingerprint density at radius 3 is 3.00 bits per heavy atom. The summed E-state index contributed by atoms with van der Waals surface area (Å²) in [6.45, 7) is 0.501. The minimum absolute atomic E-state index is 0.0749. The van der Waals surface area contributed by atoms with Crippen LogP contribution in [0.4, 0.5) is 5.13 Å². The summed E-state index contributed by atoms with van der Waals surface area (Å²) in [7, 11) is 1.57. The maximum atomic E-state index is 11.6. The van der Waals surface area contributed by atoms with Crippen LogP contribution in [-0.4, -0.2) is 24.5 Å². The molecule has 0 fully saturated rings. The molecule has 0 aliphatic carbocycles. The average Bonchev–Trinajstić information content (AvgIpc) is 2.93. The summed E-state index contributed by atoms with van der Waals surface area (Å²) >= 11 is 7.47. The van der Waals surface area contributed by atoms with Crippen molar-refractivity contribution in [2.24, 2.45) is 5.73 Å². The predicted octanol–water partition coefficient (Wildman–Crippen LogP) is 3.15. The Bertz CT molecular complexity index is 630. The zero-order valence-corrected chi connectivity index (χ0v) is 13.1. The first kappa shape index (κ1) is 15.8. The van der Waals surface area contributed by atoms with Crippen molar-refractivity contribution in [3.05, 3.63) is 28.6 Å². The van der Waals surface area contributed by atoms with Gasteiger partial charge in [0.05, 0.1) is 17.8 Å². The highest BCUT2D eigenvalue weighted by Gasteiger charge is 2.09.